The summed E-state index contributed by atoms with van der Waals surface area (Å²) in [5, 5.41) is 10.9. The molecule has 3 N–H and O–H groups in total. The summed E-state index contributed by atoms with van der Waals surface area (Å²) in [6, 6.07) is 0.382. The quantitative estimate of drug-likeness (QED) is 0.641. The monoisotopic (exact) mass is 267 g/mol. The average Bonchev–Trinajstić information content (AvgIpc) is 2.27. The number of nitrogens with one attached hydrogen (secondary N) is 2. The van der Waals surface area contributed by atoms with Crippen LogP contribution in [0.3, 0.4) is 0 Å². The van der Waals surface area contributed by atoms with E-state index in [4.69, 9.17) is 9.84 Å². The SMILES string of the molecule is O=c1cc(C(F)(F)F)nc(NCCOCCO)[nH]1. The van der Waals surface area contributed by atoms with Crippen LogP contribution in [0.25, 0.3) is 0 Å². The van der Waals surface area contributed by atoms with Gasteiger partial charge in [-0.25, -0.2) is 4.98 Å². The molecule has 0 aromatic carbocycles. The van der Waals surface area contributed by atoms with E-state index < -0.39 is 17.4 Å². The van der Waals surface area contributed by atoms with Gasteiger partial charge in [0.15, 0.2) is 5.69 Å². The second-order valence-corrected chi connectivity index (χ2v) is 3.24. The minimum atomic E-state index is -4.67. The summed E-state index contributed by atoms with van der Waals surface area (Å²) in [6.07, 6.45) is -4.67. The van der Waals surface area contributed by atoms with Gasteiger partial charge in [-0.2, -0.15) is 13.2 Å². The van der Waals surface area contributed by atoms with Crippen molar-refractivity contribution in [1.82, 2.24) is 9.97 Å². The Morgan fingerprint density at radius 1 is 1.44 bits per heavy atom. The van der Waals surface area contributed by atoms with Gasteiger partial charge in [0.05, 0.1) is 19.8 Å². The summed E-state index contributed by atoms with van der Waals surface area (Å²) >= 11 is 0. The van der Waals surface area contributed by atoms with Crippen molar-refractivity contribution >= 4 is 5.95 Å². The number of rotatable bonds is 6. The van der Waals surface area contributed by atoms with E-state index >= 15 is 0 Å². The lowest BCUT2D eigenvalue weighted by molar-refractivity contribution is -0.141. The Hall–Kier alpha value is -1.61. The average molecular weight is 267 g/mol. The number of ether oxygens (including phenoxy) is 1. The van der Waals surface area contributed by atoms with Gasteiger partial charge < -0.3 is 15.2 Å². The molecular weight excluding hydrogens is 255 g/mol. The number of alkyl halides is 3. The number of aliphatic hydroxyl groups is 1. The molecule has 1 aromatic heterocycles. The number of aromatic amines is 1. The largest absolute Gasteiger partial charge is 0.433 e. The molecule has 1 aromatic rings. The number of hydrogen-bond acceptors (Lipinski definition) is 5. The molecule has 1 rings (SSSR count). The molecule has 102 valence electrons. The lowest BCUT2D eigenvalue weighted by atomic mass is 10.4. The molecule has 0 aliphatic heterocycles. The highest BCUT2D eigenvalue weighted by Gasteiger charge is 2.33. The molecule has 0 spiro atoms. The number of aliphatic hydroxyl groups excluding tert-OH is 1. The fourth-order valence-electron chi connectivity index (χ4n) is 1.09. The first kappa shape index (κ1) is 14.5. The van der Waals surface area contributed by atoms with Crippen molar-refractivity contribution in [3.8, 4) is 0 Å². The van der Waals surface area contributed by atoms with Gasteiger partial charge in [0.25, 0.3) is 5.56 Å². The van der Waals surface area contributed by atoms with Gasteiger partial charge in [-0.15, -0.1) is 0 Å². The minimum absolute atomic E-state index is 0.133. The Kier molecular flexibility index (Phi) is 5.10. The summed E-state index contributed by atoms with van der Waals surface area (Å²) in [7, 11) is 0. The summed E-state index contributed by atoms with van der Waals surface area (Å²) in [6.45, 7) is 0.317. The molecule has 9 heteroatoms. The maximum Gasteiger partial charge on any atom is 0.433 e. The smallest absolute Gasteiger partial charge is 0.394 e. The number of aromatic nitrogens is 2. The summed E-state index contributed by atoms with van der Waals surface area (Å²) in [5.41, 5.74) is -2.15. The number of anilines is 1. The van der Waals surface area contributed by atoms with Crippen LogP contribution >= 0.6 is 0 Å². The number of H-pyrrole nitrogens is 1. The van der Waals surface area contributed by atoms with Gasteiger partial charge in [-0.1, -0.05) is 0 Å². The highest BCUT2D eigenvalue weighted by molar-refractivity contribution is 5.25. The molecular formula is C9H12F3N3O3. The summed E-state index contributed by atoms with van der Waals surface area (Å²) in [4.78, 5) is 16.3. The number of halogens is 3. The first-order valence-corrected chi connectivity index (χ1v) is 5.04. The van der Waals surface area contributed by atoms with Crippen LogP contribution in [0, 0.1) is 0 Å². The molecule has 0 fully saturated rings. The zero-order valence-electron chi connectivity index (χ0n) is 9.25. The van der Waals surface area contributed by atoms with E-state index in [0.29, 0.717) is 6.07 Å². The van der Waals surface area contributed by atoms with Crippen molar-refractivity contribution in [2.75, 3.05) is 31.7 Å². The van der Waals surface area contributed by atoms with Crippen molar-refractivity contribution in [2.45, 2.75) is 6.18 Å². The molecule has 0 bridgehead atoms. The molecule has 0 saturated carbocycles. The minimum Gasteiger partial charge on any atom is -0.394 e. The van der Waals surface area contributed by atoms with Crippen molar-refractivity contribution in [3.05, 3.63) is 22.1 Å². The molecule has 1 heterocycles. The first-order chi connectivity index (χ1) is 8.43. The fourth-order valence-corrected chi connectivity index (χ4v) is 1.09. The van der Waals surface area contributed by atoms with Crippen LogP contribution in [-0.2, 0) is 10.9 Å². The topological polar surface area (TPSA) is 87.2 Å². The third-order valence-corrected chi connectivity index (χ3v) is 1.81. The van der Waals surface area contributed by atoms with E-state index in [-0.39, 0.29) is 32.3 Å². The Labute approximate surface area is 99.8 Å². The molecule has 0 aliphatic rings. The van der Waals surface area contributed by atoms with Crippen LogP contribution in [-0.4, -0.2) is 41.4 Å². The van der Waals surface area contributed by atoms with E-state index in [2.05, 4.69) is 15.3 Å². The first-order valence-electron chi connectivity index (χ1n) is 5.04. The van der Waals surface area contributed by atoms with Crippen LogP contribution in [0.2, 0.25) is 0 Å². The van der Waals surface area contributed by atoms with Gasteiger partial charge in [0.2, 0.25) is 5.95 Å². The third-order valence-electron chi connectivity index (χ3n) is 1.81. The van der Waals surface area contributed by atoms with Gasteiger partial charge in [0, 0.05) is 12.6 Å². The molecule has 6 nitrogen and oxygen atoms in total. The highest BCUT2D eigenvalue weighted by Crippen LogP contribution is 2.26. The molecule has 0 amide bonds. The zero-order valence-corrected chi connectivity index (χ0v) is 9.25. The second kappa shape index (κ2) is 6.36. The predicted octanol–water partition coefficient (Wildman–Crippen LogP) is 0.209. The Balaban J connectivity index is 2.61. The van der Waals surface area contributed by atoms with Gasteiger partial charge in [-0.05, 0) is 0 Å². The van der Waals surface area contributed by atoms with E-state index in [1.807, 2.05) is 0 Å². The fraction of sp³-hybridized carbons (Fsp3) is 0.556. The Morgan fingerprint density at radius 2 is 2.17 bits per heavy atom. The standard InChI is InChI=1S/C9H12F3N3O3/c10-9(11,12)6-5-7(17)15-8(14-6)13-1-3-18-4-2-16/h5,16H,1-4H2,(H2,13,14,15,17). The predicted molar refractivity (Wildman–Crippen MR) is 56.3 cm³/mol. The normalized spacial score (nSPS) is 11.6. The summed E-state index contributed by atoms with van der Waals surface area (Å²) in [5.74, 6) is -0.276. The molecule has 18 heavy (non-hydrogen) atoms. The Bertz CT molecular complexity index is 433. The van der Waals surface area contributed by atoms with E-state index in [1.165, 1.54) is 0 Å². The van der Waals surface area contributed by atoms with Crippen LogP contribution in [0.15, 0.2) is 10.9 Å². The molecule has 0 radical (unpaired) electrons. The second-order valence-electron chi connectivity index (χ2n) is 3.24. The Morgan fingerprint density at radius 3 is 2.78 bits per heavy atom. The van der Waals surface area contributed by atoms with Gasteiger partial charge in [0.1, 0.15) is 0 Å². The number of hydrogen-bond donors (Lipinski definition) is 3. The van der Waals surface area contributed by atoms with Crippen molar-refractivity contribution < 1.29 is 23.0 Å². The third kappa shape index (κ3) is 4.72. The maximum absolute atomic E-state index is 12.3. The van der Waals surface area contributed by atoms with E-state index in [9.17, 15) is 18.0 Å². The van der Waals surface area contributed by atoms with Crippen molar-refractivity contribution in [1.29, 1.82) is 0 Å². The molecule has 0 atom stereocenters. The maximum atomic E-state index is 12.3. The van der Waals surface area contributed by atoms with Crippen LogP contribution < -0.4 is 10.9 Å². The molecule has 0 saturated heterocycles. The lowest BCUT2D eigenvalue weighted by Crippen LogP contribution is -2.20. The van der Waals surface area contributed by atoms with Crippen molar-refractivity contribution in [2.24, 2.45) is 0 Å². The van der Waals surface area contributed by atoms with E-state index in [0.717, 1.165) is 0 Å². The lowest BCUT2D eigenvalue weighted by Gasteiger charge is -2.09. The number of nitrogens with zero attached hydrogens (tertiary/aromatic N) is 1. The summed E-state index contributed by atoms with van der Waals surface area (Å²) < 4.78 is 41.9. The van der Waals surface area contributed by atoms with E-state index in [1.54, 1.807) is 0 Å². The van der Waals surface area contributed by atoms with Gasteiger partial charge in [-0.3, -0.25) is 9.78 Å². The molecule has 0 aliphatic carbocycles. The van der Waals surface area contributed by atoms with Crippen LogP contribution in [0.1, 0.15) is 5.69 Å². The van der Waals surface area contributed by atoms with Gasteiger partial charge >= 0.3 is 6.18 Å². The van der Waals surface area contributed by atoms with Crippen molar-refractivity contribution in [3.63, 3.8) is 0 Å². The van der Waals surface area contributed by atoms with Crippen LogP contribution in [0.5, 0.6) is 0 Å². The molecule has 0 unspecified atom stereocenters. The zero-order chi connectivity index (χ0) is 13.6. The van der Waals surface area contributed by atoms with Crippen LogP contribution in [0.4, 0.5) is 19.1 Å². The highest BCUT2D eigenvalue weighted by atomic mass is 19.4.